The summed E-state index contributed by atoms with van der Waals surface area (Å²) in [6.45, 7) is 6.13. The van der Waals surface area contributed by atoms with Crippen molar-refractivity contribution >= 4 is 5.82 Å². The first kappa shape index (κ1) is 13.1. The van der Waals surface area contributed by atoms with Crippen LogP contribution in [0.2, 0.25) is 0 Å². The molecule has 1 aromatic rings. The van der Waals surface area contributed by atoms with Crippen molar-refractivity contribution in [3.8, 4) is 0 Å². The van der Waals surface area contributed by atoms with Crippen molar-refractivity contribution in [2.45, 2.75) is 65.3 Å². The van der Waals surface area contributed by atoms with Crippen LogP contribution in [0.1, 0.15) is 56.4 Å². The second-order valence-electron chi connectivity index (χ2n) is 5.30. The molecule has 0 bridgehead atoms. The molecular weight excluding hydrogens is 224 g/mol. The van der Waals surface area contributed by atoms with Crippen LogP contribution in [-0.2, 0) is 12.8 Å². The van der Waals surface area contributed by atoms with Crippen LogP contribution in [0.15, 0.2) is 10.2 Å². The molecule has 4 nitrogen and oxygen atoms in total. The molecule has 1 heterocycles. The summed E-state index contributed by atoms with van der Waals surface area (Å²) in [6.07, 6.45) is 7.29. The van der Waals surface area contributed by atoms with E-state index >= 15 is 0 Å². The van der Waals surface area contributed by atoms with E-state index < -0.39 is 0 Å². The molecule has 2 rings (SSSR count). The number of rotatable bonds is 2. The van der Waals surface area contributed by atoms with E-state index in [-0.39, 0.29) is 6.04 Å². The van der Waals surface area contributed by atoms with Crippen LogP contribution in [0.3, 0.4) is 0 Å². The summed E-state index contributed by atoms with van der Waals surface area (Å²) in [7, 11) is 0. The quantitative estimate of drug-likeness (QED) is 0.742. The summed E-state index contributed by atoms with van der Waals surface area (Å²) in [5.41, 5.74) is 3.71. The van der Waals surface area contributed by atoms with Crippen LogP contribution >= 0.6 is 0 Å². The second kappa shape index (κ2) is 6.03. The summed E-state index contributed by atoms with van der Waals surface area (Å²) in [6, 6.07) is 0.202. The van der Waals surface area contributed by atoms with E-state index in [0.29, 0.717) is 5.82 Å². The molecule has 0 unspecified atom stereocenters. The lowest BCUT2D eigenvalue weighted by Crippen LogP contribution is -2.06. The Hall–Kier alpha value is -1.32. The molecule has 0 aliphatic heterocycles. The van der Waals surface area contributed by atoms with Crippen LogP contribution in [0.25, 0.3) is 0 Å². The first-order chi connectivity index (χ1) is 8.68. The molecule has 18 heavy (non-hydrogen) atoms. The zero-order chi connectivity index (χ0) is 13.0. The highest BCUT2D eigenvalue weighted by atomic mass is 15.2. The van der Waals surface area contributed by atoms with Gasteiger partial charge in [0, 0.05) is 5.56 Å². The maximum Gasteiger partial charge on any atom is 0.199 e. The van der Waals surface area contributed by atoms with Crippen LogP contribution in [-0.4, -0.2) is 16.2 Å². The van der Waals surface area contributed by atoms with Gasteiger partial charge in [-0.1, -0.05) is 12.8 Å². The number of fused-ring (bicyclic) bond motifs is 1. The van der Waals surface area contributed by atoms with Crippen LogP contribution in [0.5, 0.6) is 0 Å². The Bertz CT molecular complexity index is 438. The first-order valence-corrected chi connectivity index (χ1v) is 6.94. The number of azo groups is 1. The van der Waals surface area contributed by atoms with Gasteiger partial charge in [-0.2, -0.15) is 10.2 Å². The van der Waals surface area contributed by atoms with Gasteiger partial charge in [0.2, 0.25) is 0 Å². The third-order valence-electron chi connectivity index (χ3n) is 3.38. The summed E-state index contributed by atoms with van der Waals surface area (Å²) in [5, 5.41) is 17.0. The highest BCUT2D eigenvalue weighted by Crippen LogP contribution is 2.26. The van der Waals surface area contributed by atoms with Crippen molar-refractivity contribution in [2.75, 3.05) is 0 Å². The highest BCUT2D eigenvalue weighted by Gasteiger charge is 2.14. The van der Waals surface area contributed by atoms with Gasteiger partial charge < -0.3 is 0 Å². The van der Waals surface area contributed by atoms with Crippen molar-refractivity contribution < 1.29 is 0 Å². The topological polar surface area (TPSA) is 50.5 Å². The molecule has 0 N–H and O–H groups in total. The predicted octanol–water partition coefficient (Wildman–Crippen LogP) is 3.94. The van der Waals surface area contributed by atoms with Gasteiger partial charge >= 0.3 is 0 Å². The van der Waals surface area contributed by atoms with Crippen molar-refractivity contribution in [3.05, 3.63) is 16.8 Å². The molecule has 0 saturated heterocycles. The van der Waals surface area contributed by atoms with Gasteiger partial charge in [0.05, 0.1) is 11.7 Å². The number of hydrogen-bond acceptors (Lipinski definition) is 4. The minimum Gasteiger partial charge on any atom is -0.184 e. The van der Waals surface area contributed by atoms with Gasteiger partial charge in [0.25, 0.3) is 0 Å². The predicted molar refractivity (Wildman–Crippen MR) is 72.3 cm³/mol. The van der Waals surface area contributed by atoms with Gasteiger partial charge in [-0.3, -0.25) is 0 Å². The average Bonchev–Trinajstić information content (AvgIpc) is 2.29. The second-order valence-corrected chi connectivity index (χ2v) is 5.30. The van der Waals surface area contributed by atoms with Crippen molar-refractivity contribution in [2.24, 2.45) is 10.2 Å². The van der Waals surface area contributed by atoms with Crippen LogP contribution in [0.4, 0.5) is 5.82 Å². The lowest BCUT2D eigenvalue weighted by molar-refractivity contribution is 0.600. The Morgan fingerprint density at radius 2 is 1.72 bits per heavy atom. The molecule has 0 saturated carbocycles. The smallest absolute Gasteiger partial charge is 0.184 e. The maximum absolute atomic E-state index is 4.36. The fraction of sp³-hybridized carbons (Fsp3) is 0.714. The molecule has 0 aromatic carbocycles. The summed E-state index contributed by atoms with van der Waals surface area (Å²) in [5.74, 6) is 0.697. The molecule has 0 spiro atoms. The van der Waals surface area contributed by atoms with Gasteiger partial charge in [-0.25, -0.2) is 0 Å². The minimum absolute atomic E-state index is 0.202. The molecule has 0 amide bonds. The van der Waals surface area contributed by atoms with Gasteiger partial charge in [0.15, 0.2) is 5.82 Å². The number of nitrogens with zero attached hydrogens (tertiary/aromatic N) is 4. The lowest BCUT2D eigenvalue weighted by atomic mass is 9.95. The van der Waals surface area contributed by atoms with E-state index in [4.69, 9.17) is 0 Å². The van der Waals surface area contributed by atoms with Gasteiger partial charge in [0.1, 0.15) is 0 Å². The first-order valence-electron chi connectivity index (χ1n) is 6.94. The Kier molecular flexibility index (Phi) is 4.39. The largest absolute Gasteiger partial charge is 0.199 e. The molecule has 1 aliphatic rings. The Labute approximate surface area is 109 Å². The van der Waals surface area contributed by atoms with E-state index in [2.05, 4.69) is 27.3 Å². The van der Waals surface area contributed by atoms with Crippen molar-refractivity contribution in [1.29, 1.82) is 0 Å². The molecular formula is C14H22N4. The molecule has 0 fully saturated rings. The van der Waals surface area contributed by atoms with E-state index in [9.17, 15) is 0 Å². The summed E-state index contributed by atoms with van der Waals surface area (Å²) < 4.78 is 0. The van der Waals surface area contributed by atoms with Gasteiger partial charge in [-0.15, -0.1) is 10.2 Å². The molecule has 98 valence electrons. The Morgan fingerprint density at radius 3 is 2.44 bits per heavy atom. The normalized spacial score (nSPS) is 16.7. The van der Waals surface area contributed by atoms with E-state index in [0.717, 1.165) is 12.8 Å². The molecule has 1 aromatic heterocycles. The standard InChI is InChI=1S/C14H22N4/c1-10(2)15-17-14-11(3)12-8-6-4-5-7-9-13(12)16-18-14/h10H,4-9H2,1-3H3. The van der Waals surface area contributed by atoms with Gasteiger partial charge in [-0.05, 0) is 52.0 Å². The fourth-order valence-electron chi connectivity index (χ4n) is 2.34. The molecule has 0 atom stereocenters. The zero-order valence-corrected chi connectivity index (χ0v) is 11.6. The number of aryl methyl sites for hydroxylation is 1. The minimum atomic E-state index is 0.202. The average molecular weight is 246 g/mol. The van der Waals surface area contributed by atoms with Crippen LogP contribution < -0.4 is 0 Å². The fourth-order valence-corrected chi connectivity index (χ4v) is 2.34. The Morgan fingerprint density at radius 1 is 1.00 bits per heavy atom. The van der Waals surface area contributed by atoms with E-state index in [1.165, 1.54) is 42.5 Å². The molecule has 0 radical (unpaired) electrons. The molecule has 4 heteroatoms. The zero-order valence-electron chi connectivity index (χ0n) is 11.6. The Balaban J connectivity index is 2.32. The SMILES string of the molecule is Cc1c(N=NC(C)C)nnc2c1CCCCCC2. The maximum atomic E-state index is 4.36. The highest BCUT2D eigenvalue weighted by molar-refractivity contribution is 5.43. The van der Waals surface area contributed by atoms with Crippen molar-refractivity contribution in [1.82, 2.24) is 10.2 Å². The monoisotopic (exact) mass is 246 g/mol. The van der Waals surface area contributed by atoms with E-state index in [1.807, 2.05) is 13.8 Å². The van der Waals surface area contributed by atoms with Crippen LogP contribution in [0, 0.1) is 6.92 Å². The van der Waals surface area contributed by atoms with E-state index in [1.54, 1.807) is 0 Å². The third-order valence-corrected chi connectivity index (χ3v) is 3.38. The summed E-state index contributed by atoms with van der Waals surface area (Å²) in [4.78, 5) is 0. The lowest BCUT2D eigenvalue weighted by Gasteiger charge is -2.15. The molecule has 1 aliphatic carbocycles. The van der Waals surface area contributed by atoms with Crippen molar-refractivity contribution in [3.63, 3.8) is 0 Å². The third kappa shape index (κ3) is 3.12. The number of aromatic nitrogens is 2. The number of hydrogen-bond donors (Lipinski definition) is 0. The summed E-state index contributed by atoms with van der Waals surface area (Å²) >= 11 is 0.